The molecule has 1 aromatic heterocycles. The number of aryl methyl sites for hydroxylation is 1. The SMILES string of the molecule is Cc1nn(C(F)F)cc1-c1ccccc1C(N)=O. The van der Waals surface area contributed by atoms with Gasteiger partial charge in [-0.3, -0.25) is 4.79 Å². The van der Waals surface area contributed by atoms with Crippen LogP contribution in [0.3, 0.4) is 0 Å². The Morgan fingerprint density at radius 1 is 1.33 bits per heavy atom. The smallest absolute Gasteiger partial charge is 0.333 e. The van der Waals surface area contributed by atoms with E-state index in [2.05, 4.69) is 5.10 Å². The van der Waals surface area contributed by atoms with Crippen LogP contribution in [0.15, 0.2) is 30.5 Å². The summed E-state index contributed by atoms with van der Waals surface area (Å²) in [5.74, 6) is -0.602. The fraction of sp³-hybridized carbons (Fsp3) is 0.167. The van der Waals surface area contributed by atoms with E-state index in [0.29, 0.717) is 21.5 Å². The number of benzene rings is 1. The van der Waals surface area contributed by atoms with Gasteiger partial charge in [0, 0.05) is 17.3 Å². The lowest BCUT2D eigenvalue weighted by Crippen LogP contribution is -2.12. The van der Waals surface area contributed by atoms with Crippen molar-refractivity contribution in [3.8, 4) is 11.1 Å². The molecule has 0 saturated heterocycles. The first-order valence-electron chi connectivity index (χ1n) is 5.24. The van der Waals surface area contributed by atoms with Crippen LogP contribution in [-0.4, -0.2) is 15.7 Å². The van der Waals surface area contributed by atoms with E-state index in [9.17, 15) is 13.6 Å². The lowest BCUT2D eigenvalue weighted by atomic mass is 10.0. The number of carbonyl (C=O) groups is 1. The molecule has 1 heterocycles. The molecule has 0 unspecified atom stereocenters. The van der Waals surface area contributed by atoms with Crippen LogP contribution < -0.4 is 5.73 Å². The van der Waals surface area contributed by atoms with Gasteiger partial charge in [0.15, 0.2) is 0 Å². The van der Waals surface area contributed by atoms with Crippen LogP contribution in [0, 0.1) is 6.92 Å². The Morgan fingerprint density at radius 2 is 2.00 bits per heavy atom. The molecule has 18 heavy (non-hydrogen) atoms. The Balaban J connectivity index is 2.58. The number of halogens is 2. The lowest BCUT2D eigenvalue weighted by molar-refractivity contribution is 0.0563. The summed E-state index contributed by atoms with van der Waals surface area (Å²) in [4.78, 5) is 11.3. The van der Waals surface area contributed by atoms with Crippen LogP contribution in [0.5, 0.6) is 0 Å². The maximum Gasteiger partial charge on any atom is 0.333 e. The van der Waals surface area contributed by atoms with E-state index in [4.69, 9.17) is 5.73 Å². The van der Waals surface area contributed by atoms with Gasteiger partial charge in [-0.25, -0.2) is 4.68 Å². The molecule has 0 aliphatic carbocycles. The predicted molar refractivity (Wildman–Crippen MR) is 62.2 cm³/mol. The van der Waals surface area contributed by atoms with Crippen LogP contribution >= 0.6 is 0 Å². The van der Waals surface area contributed by atoms with E-state index >= 15 is 0 Å². The van der Waals surface area contributed by atoms with Crippen LogP contribution in [-0.2, 0) is 0 Å². The fourth-order valence-electron chi connectivity index (χ4n) is 1.78. The van der Waals surface area contributed by atoms with Gasteiger partial charge in [0.1, 0.15) is 0 Å². The van der Waals surface area contributed by atoms with E-state index in [1.807, 2.05) is 0 Å². The van der Waals surface area contributed by atoms with Crippen LogP contribution in [0.25, 0.3) is 11.1 Å². The van der Waals surface area contributed by atoms with Crippen molar-refractivity contribution in [2.24, 2.45) is 5.73 Å². The van der Waals surface area contributed by atoms with Crippen LogP contribution in [0.4, 0.5) is 8.78 Å². The van der Waals surface area contributed by atoms with E-state index < -0.39 is 12.5 Å². The van der Waals surface area contributed by atoms with E-state index in [1.165, 1.54) is 6.20 Å². The topological polar surface area (TPSA) is 60.9 Å². The monoisotopic (exact) mass is 251 g/mol. The Hall–Kier alpha value is -2.24. The summed E-state index contributed by atoms with van der Waals surface area (Å²) in [6.45, 7) is -1.11. The van der Waals surface area contributed by atoms with Crippen molar-refractivity contribution in [1.82, 2.24) is 9.78 Å². The average Bonchev–Trinajstić information content (AvgIpc) is 2.71. The van der Waals surface area contributed by atoms with Crippen molar-refractivity contribution in [2.75, 3.05) is 0 Å². The number of primary amides is 1. The number of carbonyl (C=O) groups excluding carboxylic acids is 1. The predicted octanol–water partition coefficient (Wildman–Crippen LogP) is 2.35. The normalized spacial score (nSPS) is 10.9. The second kappa shape index (κ2) is 4.56. The zero-order valence-corrected chi connectivity index (χ0v) is 9.60. The number of aromatic nitrogens is 2. The largest absolute Gasteiger partial charge is 0.366 e. The Bertz CT molecular complexity index is 593. The fourth-order valence-corrected chi connectivity index (χ4v) is 1.78. The molecule has 0 spiro atoms. The number of nitrogens with two attached hydrogens (primary N) is 1. The van der Waals surface area contributed by atoms with Crippen molar-refractivity contribution >= 4 is 5.91 Å². The molecule has 2 aromatic rings. The highest BCUT2D eigenvalue weighted by Gasteiger charge is 2.16. The minimum atomic E-state index is -2.71. The van der Waals surface area contributed by atoms with Crippen LogP contribution in [0.1, 0.15) is 22.6 Å². The average molecular weight is 251 g/mol. The van der Waals surface area contributed by atoms with Crippen LogP contribution in [0.2, 0.25) is 0 Å². The molecule has 0 saturated carbocycles. The third-order valence-electron chi connectivity index (χ3n) is 2.60. The zero-order chi connectivity index (χ0) is 13.3. The Labute approximate surface area is 102 Å². The molecule has 2 rings (SSSR count). The number of hydrogen-bond acceptors (Lipinski definition) is 2. The summed E-state index contributed by atoms with van der Waals surface area (Å²) < 4.78 is 25.6. The molecule has 94 valence electrons. The highest BCUT2D eigenvalue weighted by Crippen LogP contribution is 2.27. The molecular formula is C12H11F2N3O. The Kier molecular flexibility index (Phi) is 3.10. The number of amides is 1. The molecule has 0 bridgehead atoms. The van der Waals surface area contributed by atoms with Crippen molar-refractivity contribution in [3.05, 3.63) is 41.7 Å². The molecule has 1 aromatic carbocycles. The van der Waals surface area contributed by atoms with Gasteiger partial charge in [-0.2, -0.15) is 13.9 Å². The highest BCUT2D eigenvalue weighted by molar-refractivity contribution is 6.00. The number of nitrogens with zero attached hydrogens (tertiary/aromatic N) is 2. The molecular weight excluding hydrogens is 240 g/mol. The van der Waals surface area contributed by atoms with Crippen molar-refractivity contribution in [2.45, 2.75) is 13.5 Å². The maximum atomic E-state index is 12.5. The summed E-state index contributed by atoms with van der Waals surface area (Å²) in [6.07, 6.45) is 1.21. The molecule has 2 N–H and O–H groups in total. The first kappa shape index (κ1) is 12.2. The lowest BCUT2D eigenvalue weighted by Gasteiger charge is -2.04. The van der Waals surface area contributed by atoms with Gasteiger partial charge in [0.2, 0.25) is 5.91 Å². The van der Waals surface area contributed by atoms with Gasteiger partial charge in [0.25, 0.3) is 0 Å². The number of rotatable bonds is 3. The van der Waals surface area contributed by atoms with Crippen molar-refractivity contribution in [3.63, 3.8) is 0 Å². The van der Waals surface area contributed by atoms with Gasteiger partial charge in [-0.15, -0.1) is 0 Å². The van der Waals surface area contributed by atoms with Gasteiger partial charge < -0.3 is 5.73 Å². The maximum absolute atomic E-state index is 12.5. The molecule has 1 amide bonds. The molecule has 0 fully saturated rings. The highest BCUT2D eigenvalue weighted by atomic mass is 19.3. The van der Waals surface area contributed by atoms with E-state index in [0.717, 1.165) is 0 Å². The third kappa shape index (κ3) is 2.09. The zero-order valence-electron chi connectivity index (χ0n) is 9.60. The van der Waals surface area contributed by atoms with Gasteiger partial charge >= 0.3 is 6.55 Å². The van der Waals surface area contributed by atoms with Gasteiger partial charge in [0.05, 0.1) is 5.69 Å². The first-order chi connectivity index (χ1) is 8.50. The summed E-state index contributed by atoms with van der Waals surface area (Å²) in [5, 5.41) is 3.70. The Morgan fingerprint density at radius 3 is 2.56 bits per heavy atom. The minimum Gasteiger partial charge on any atom is -0.366 e. The third-order valence-corrected chi connectivity index (χ3v) is 2.60. The first-order valence-corrected chi connectivity index (χ1v) is 5.24. The van der Waals surface area contributed by atoms with E-state index in [-0.39, 0.29) is 5.56 Å². The number of hydrogen-bond donors (Lipinski definition) is 1. The quantitative estimate of drug-likeness (QED) is 0.910. The molecule has 0 aliphatic rings. The standard InChI is InChI=1S/C12H11F2N3O/c1-7-10(6-17(16-7)12(13)14)8-4-2-3-5-9(8)11(15)18/h2-6,12H,1H3,(H2,15,18). The summed E-state index contributed by atoms with van der Waals surface area (Å²) in [5.41, 5.74) is 6.95. The molecule has 6 heteroatoms. The molecule has 0 aliphatic heterocycles. The summed E-state index contributed by atoms with van der Waals surface area (Å²) in [6, 6.07) is 6.58. The molecule has 4 nitrogen and oxygen atoms in total. The van der Waals surface area contributed by atoms with Crippen molar-refractivity contribution < 1.29 is 13.6 Å². The minimum absolute atomic E-state index is 0.286. The molecule has 0 radical (unpaired) electrons. The van der Waals surface area contributed by atoms with Gasteiger partial charge in [-0.1, -0.05) is 18.2 Å². The second-order valence-corrected chi connectivity index (χ2v) is 3.80. The number of alkyl halides is 2. The second-order valence-electron chi connectivity index (χ2n) is 3.80. The van der Waals surface area contributed by atoms with Crippen molar-refractivity contribution in [1.29, 1.82) is 0 Å². The summed E-state index contributed by atoms with van der Waals surface area (Å²) in [7, 11) is 0. The summed E-state index contributed by atoms with van der Waals surface area (Å²) >= 11 is 0. The molecule has 0 atom stereocenters. The van der Waals surface area contributed by atoms with E-state index in [1.54, 1.807) is 31.2 Å². The van der Waals surface area contributed by atoms with Gasteiger partial charge in [-0.05, 0) is 18.6 Å².